The number of benzene rings is 2. The first-order chi connectivity index (χ1) is 13.4. The zero-order chi connectivity index (χ0) is 20.4. The van der Waals surface area contributed by atoms with E-state index < -0.39 is 0 Å². The van der Waals surface area contributed by atoms with Crippen LogP contribution >= 0.6 is 0 Å². The molecule has 0 aliphatic heterocycles. The highest BCUT2D eigenvalue weighted by Crippen LogP contribution is 2.10. The lowest BCUT2D eigenvalue weighted by Gasteiger charge is -2.11. The first-order valence-corrected chi connectivity index (χ1v) is 10.0. The van der Waals surface area contributed by atoms with E-state index in [2.05, 4.69) is 99.2 Å². The SMILES string of the molecule is C=C(C)CCC(=C)NCc1ccc(CN/C(C)=C/Cc2ccccc2C)cc1. The molecule has 2 N–H and O–H groups in total. The lowest BCUT2D eigenvalue weighted by Crippen LogP contribution is -2.13. The van der Waals surface area contributed by atoms with Gasteiger partial charge in [0.2, 0.25) is 0 Å². The van der Waals surface area contributed by atoms with Crippen LogP contribution in [0, 0.1) is 6.92 Å². The molecule has 2 nitrogen and oxygen atoms in total. The fourth-order valence-corrected chi connectivity index (χ4v) is 2.87. The molecule has 0 saturated carbocycles. The first kappa shape index (κ1) is 21.6. The van der Waals surface area contributed by atoms with Crippen molar-refractivity contribution >= 4 is 0 Å². The maximum atomic E-state index is 4.08. The number of aryl methyl sites for hydroxylation is 1. The van der Waals surface area contributed by atoms with Crippen LogP contribution in [0.4, 0.5) is 0 Å². The molecule has 0 saturated heterocycles. The zero-order valence-corrected chi connectivity index (χ0v) is 17.6. The van der Waals surface area contributed by atoms with Gasteiger partial charge in [0.05, 0.1) is 0 Å². The minimum Gasteiger partial charge on any atom is -0.385 e. The Bertz CT molecular complexity index is 813. The van der Waals surface area contributed by atoms with Gasteiger partial charge in [0.15, 0.2) is 0 Å². The molecule has 148 valence electrons. The summed E-state index contributed by atoms with van der Waals surface area (Å²) in [7, 11) is 0. The van der Waals surface area contributed by atoms with E-state index in [4.69, 9.17) is 0 Å². The molecule has 0 heterocycles. The van der Waals surface area contributed by atoms with Crippen molar-refractivity contribution in [1.29, 1.82) is 0 Å². The third-order valence-electron chi connectivity index (χ3n) is 4.88. The van der Waals surface area contributed by atoms with Gasteiger partial charge in [-0.3, -0.25) is 0 Å². The van der Waals surface area contributed by atoms with Crippen molar-refractivity contribution < 1.29 is 0 Å². The smallest absolute Gasteiger partial charge is 0.0397 e. The molecule has 2 rings (SSSR count). The van der Waals surface area contributed by atoms with Crippen LogP contribution in [0.2, 0.25) is 0 Å². The predicted octanol–water partition coefficient (Wildman–Crippen LogP) is 6.19. The molecule has 28 heavy (non-hydrogen) atoms. The Balaban J connectivity index is 1.76. The van der Waals surface area contributed by atoms with E-state index in [1.54, 1.807) is 0 Å². The summed E-state index contributed by atoms with van der Waals surface area (Å²) in [5, 5.41) is 6.91. The average Bonchev–Trinajstić information content (AvgIpc) is 2.69. The van der Waals surface area contributed by atoms with Gasteiger partial charge in [-0.25, -0.2) is 0 Å². The summed E-state index contributed by atoms with van der Waals surface area (Å²) in [5.41, 5.74) is 8.76. The van der Waals surface area contributed by atoms with Crippen LogP contribution < -0.4 is 10.6 Å². The van der Waals surface area contributed by atoms with Crippen molar-refractivity contribution in [3.05, 3.63) is 107 Å². The molecule has 0 aliphatic carbocycles. The van der Waals surface area contributed by atoms with E-state index >= 15 is 0 Å². The molecule has 2 aromatic rings. The third kappa shape index (κ3) is 7.87. The Morgan fingerprint density at radius 2 is 1.46 bits per heavy atom. The highest BCUT2D eigenvalue weighted by Gasteiger charge is 1.99. The minimum absolute atomic E-state index is 0.818. The molecular formula is C26H34N2. The minimum atomic E-state index is 0.818. The van der Waals surface area contributed by atoms with E-state index in [-0.39, 0.29) is 0 Å². The fourth-order valence-electron chi connectivity index (χ4n) is 2.87. The fraction of sp³-hybridized carbons (Fsp3) is 0.308. The lowest BCUT2D eigenvalue weighted by atomic mass is 10.1. The Hall–Kier alpha value is -2.74. The molecule has 0 aliphatic rings. The van der Waals surface area contributed by atoms with E-state index in [0.717, 1.165) is 38.0 Å². The monoisotopic (exact) mass is 374 g/mol. The molecule has 0 aromatic heterocycles. The Kier molecular flexibility index (Phi) is 8.61. The van der Waals surface area contributed by atoms with Crippen LogP contribution in [0.25, 0.3) is 0 Å². The topological polar surface area (TPSA) is 24.1 Å². The Morgan fingerprint density at radius 3 is 2.07 bits per heavy atom. The second-order valence-electron chi connectivity index (χ2n) is 7.60. The summed E-state index contributed by atoms with van der Waals surface area (Å²) in [6.07, 6.45) is 5.17. The van der Waals surface area contributed by atoms with Crippen molar-refractivity contribution in [3.63, 3.8) is 0 Å². The molecular weight excluding hydrogens is 340 g/mol. The Labute approximate surface area is 171 Å². The Morgan fingerprint density at radius 1 is 0.857 bits per heavy atom. The number of rotatable bonds is 11. The van der Waals surface area contributed by atoms with Gasteiger partial charge in [-0.05, 0) is 62.3 Å². The van der Waals surface area contributed by atoms with E-state index in [9.17, 15) is 0 Å². The first-order valence-electron chi connectivity index (χ1n) is 10.0. The lowest BCUT2D eigenvalue weighted by molar-refractivity contribution is 0.746. The van der Waals surface area contributed by atoms with Crippen LogP contribution in [0.15, 0.2) is 84.7 Å². The molecule has 0 atom stereocenters. The van der Waals surface area contributed by atoms with Gasteiger partial charge in [0.25, 0.3) is 0 Å². The summed E-state index contributed by atoms with van der Waals surface area (Å²) in [6.45, 7) is 16.0. The summed E-state index contributed by atoms with van der Waals surface area (Å²) in [4.78, 5) is 0. The highest BCUT2D eigenvalue weighted by atomic mass is 14.9. The summed E-state index contributed by atoms with van der Waals surface area (Å²) in [5.74, 6) is 0. The number of nitrogens with one attached hydrogen (secondary N) is 2. The second-order valence-corrected chi connectivity index (χ2v) is 7.60. The van der Waals surface area contributed by atoms with Gasteiger partial charge in [-0.1, -0.05) is 66.8 Å². The largest absolute Gasteiger partial charge is 0.385 e. The standard InChI is InChI=1S/C26H34N2/c1-20(2)10-11-22(4)27-18-24-13-15-25(16-14-24)19-28-23(5)12-17-26-9-7-6-8-21(26)3/h6-9,12-16,27-28H,1,4,10-11,17-19H2,2-3,5H3/b23-12+. The normalized spacial score (nSPS) is 11.2. The van der Waals surface area contributed by atoms with E-state index in [1.807, 2.05) is 0 Å². The average molecular weight is 375 g/mol. The molecule has 0 radical (unpaired) electrons. The van der Waals surface area contributed by atoms with Crippen LogP contribution in [-0.4, -0.2) is 0 Å². The quantitative estimate of drug-likeness (QED) is 0.458. The summed E-state index contributed by atoms with van der Waals surface area (Å²) < 4.78 is 0. The number of hydrogen-bond acceptors (Lipinski definition) is 2. The van der Waals surface area contributed by atoms with Gasteiger partial charge >= 0.3 is 0 Å². The molecule has 0 bridgehead atoms. The number of allylic oxidation sites excluding steroid dienone is 4. The highest BCUT2D eigenvalue weighted by molar-refractivity contribution is 5.28. The molecule has 0 unspecified atom stereocenters. The van der Waals surface area contributed by atoms with Crippen LogP contribution in [0.3, 0.4) is 0 Å². The number of hydrogen-bond donors (Lipinski definition) is 2. The van der Waals surface area contributed by atoms with Gasteiger partial charge in [0.1, 0.15) is 0 Å². The van der Waals surface area contributed by atoms with Crippen molar-refractivity contribution in [2.75, 3.05) is 0 Å². The van der Waals surface area contributed by atoms with Gasteiger partial charge in [0, 0.05) is 24.5 Å². The summed E-state index contributed by atoms with van der Waals surface area (Å²) in [6, 6.07) is 17.3. The maximum absolute atomic E-state index is 4.08. The second kappa shape index (κ2) is 11.2. The maximum Gasteiger partial charge on any atom is 0.0397 e. The molecule has 2 heteroatoms. The molecule has 2 aromatic carbocycles. The molecule has 0 fully saturated rings. The van der Waals surface area contributed by atoms with Gasteiger partial charge in [-0.15, -0.1) is 6.58 Å². The van der Waals surface area contributed by atoms with Crippen LogP contribution in [0.5, 0.6) is 0 Å². The zero-order valence-electron chi connectivity index (χ0n) is 17.6. The van der Waals surface area contributed by atoms with Crippen molar-refractivity contribution in [3.8, 4) is 0 Å². The van der Waals surface area contributed by atoms with Crippen molar-refractivity contribution in [2.24, 2.45) is 0 Å². The van der Waals surface area contributed by atoms with Crippen LogP contribution in [-0.2, 0) is 19.5 Å². The van der Waals surface area contributed by atoms with Crippen molar-refractivity contribution in [1.82, 2.24) is 10.6 Å². The summed E-state index contributed by atoms with van der Waals surface area (Å²) >= 11 is 0. The van der Waals surface area contributed by atoms with Crippen molar-refractivity contribution in [2.45, 2.75) is 53.1 Å². The van der Waals surface area contributed by atoms with Gasteiger partial charge < -0.3 is 10.6 Å². The third-order valence-corrected chi connectivity index (χ3v) is 4.88. The molecule has 0 spiro atoms. The molecule has 0 amide bonds. The van der Waals surface area contributed by atoms with E-state index in [0.29, 0.717) is 0 Å². The predicted molar refractivity (Wildman–Crippen MR) is 122 cm³/mol. The van der Waals surface area contributed by atoms with Gasteiger partial charge in [-0.2, -0.15) is 0 Å². The van der Waals surface area contributed by atoms with E-state index in [1.165, 1.54) is 33.5 Å². The van der Waals surface area contributed by atoms with Crippen LogP contribution in [0.1, 0.15) is 48.9 Å².